The van der Waals surface area contributed by atoms with Crippen molar-refractivity contribution in [3.05, 3.63) is 30.3 Å². The molecule has 0 heterocycles. The van der Waals surface area contributed by atoms with Crippen LogP contribution in [-0.4, -0.2) is 36.2 Å². The topological polar surface area (TPSA) is 18.5 Å². The van der Waals surface area contributed by atoms with Gasteiger partial charge in [-0.3, -0.25) is 0 Å². The third kappa shape index (κ3) is 7.40. The van der Waals surface area contributed by atoms with Gasteiger partial charge >= 0.3 is 0 Å². The summed E-state index contributed by atoms with van der Waals surface area (Å²) < 4.78 is 13.1. The van der Waals surface area contributed by atoms with Crippen LogP contribution in [0.15, 0.2) is 24.8 Å². The van der Waals surface area contributed by atoms with Crippen LogP contribution in [0.4, 0.5) is 0 Å². The fraction of sp³-hybridized carbons (Fsp3) is 0.600. The average molecular weight is 421 g/mol. The van der Waals surface area contributed by atoms with Gasteiger partial charge in [0.1, 0.15) is 0 Å². The molecule has 0 saturated heterocycles. The number of hydrogen-bond donors (Lipinski definition) is 0. The zero-order chi connectivity index (χ0) is 20.4. The highest BCUT2D eigenvalue weighted by molar-refractivity contribution is 6.96. The van der Waals surface area contributed by atoms with Gasteiger partial charge in [-0.2, -0.15) is 0 Å². The molecule has 1 aromatic carbocycles. The van der Waals surface area contributed by atoms with E-state index in [1.165, 1.54) is 10.4 Å². The minimum Gasteiger partial charge on any atom is -0.452 e. The van der Waals surface area contributed by atoms with Crippen molar-refractivity contribution < 1.29 is 8.23 Å². The Labute approximate surface area is 168 Å². The minimum atomic E-state index is -2.04. The minimum absolute atomic E-state index is 0.192. The molecule has 1 rings (SSSR count). The lowest BCUT2D eigenvalue weighted by Gasteiger charge is -2.35. The monoisotopic (exact) mass is 420 g/mol. The first-order chi connectivity index (χ1) is 11.6. The van der Waals surface area contributed by atoms with Gasteiger partial charge in [-0.15, -0.1) is 0 Å². The predicted octanol–water partition coefficient (Wildman–Crippen LogP) is 4.86. The van der Waals surface area contributed by atoms with Gasteiger partial charge in [0.2, 0.25) is 36.2 Å². The molecule has 0 spiro atoms. The lowest BCUT2D eigenvalue weighted by Crippen LogP contribution is -2.62. The lowest BCUT2D eigenvalue weighted by molar-refractivity contribution is 0.547. The first-order valence-corrected chi connectivity index (χ1v) is 16.9. The van der Waals surface area contributed by atoms with Crippen LogP contribution in [0.3, 0.4) is 0 Å². The Balaban J connectivity index is 3.30. The van der Waals surface area contributed by atoms with Gasteiger partial charge in [0.25, 0.3) is 0 Å². The lowest BCUT2D eigenvalue weighted by atomic mass is 10.2. The molecule has 0 aromatic heterocycles. The van der Waals surface area contributed by atoms with Crippen molar-refractivity contribution in [2.45, 2.75) is 77.8 Å². The molecule has 0 aliphatic carbocycles. The maximum Gasteiger partial charge on any atom is 0.221 e. The van der Waals surface area contributed by atoms with E-state index in [0.717, 1.165) is 5.56 Å². The molecule has 0 amide bonds. The summed E-state index contributed by atoms with van der Waals surface area (Å²) in [6.45, 7) is 26.7. The summed E-state index contributed by atoms with van der Waals surface area (Å²) >= 11 is 0. The SMILES string of the molecule is C=Cc1ccc([Si](C)(C)O[Si]C(C)(C)C)c([Si](C)(C)O[Si]C(C)(C)C)c1. The second-order valence-electron chi connectivity index (χ2n) is 9.94. The smallest absolute Gasteiger partial charge is 0.221 e. The maximum atomic E-state index is 6.56. The summed E-state index contributed by atoms with van der Waals surface area (Å²) in [6.07, 6.45) is 1.93. The van der Waals surface area contributed by atoms with E-state index in [9.17, 15) is 0 Å². The van der Waals surface area contributed by atoms with Crippen LogP contribution in [0, 0.1) is 0 Å². The Morgan fingerprint density at radius 3 is 1.62 bits per heavy atom. The van der Waals surface area contributed by atoms with Crippen molar-refractivity contribution >= 4 is 52.6 Å². The molecular weight excluding hydrogens is 385 g/mol. The van der Waals surface area contributed by atoms with Gasteiger partial charge in [-0.05, 0) is 52.2 Å². The Morgan fingerprint density at radius 2 is 1.23 bits per heavy atom. The zero-order valence-corrected chi connectivity index (χ0v) is 22.3. The third-order valence-electron chi connectivity index (χ3n) is 3.80. The molecule has 26 heavy (non-hydrogen) atoms. The molecule has 0 N–H and O–H groups in total. The molecule has 144 valence electrons. The fourth-order valence-corrected chi connectivity index (χ4v) is 12.0. The molecular formula is C20H36O2Si4. The van der Waals surface area contributed by atoms with Crippen LogP contribution in [-0.2, 0) is 8.23 Å². The fourth-order valence-electron chi connectivity index (χ4n) is 2.38. The van der Waals surface area contributed by atoms with E-state index in [-0.39, 0.29) is 10.1 Å². The second kappa shape index (κ2) is 8.41. The molecule has 0 unspecified atom stereocenters. The van der Waals surface area contributed by atoms with E-state index in [4.69, 9.17) is 8.23 Å². The van der Waals surface area contributed by atoms with E-state index in [1.54, 1.807) is 0 Å². The summed E-state index contributed by atoms with van der Waals surface area (Å²) in [6, 6.07) is 6.73. The highest BCUT2D eigenvalue weighted by atomic mass is 28.4. The summed E-state index contributed by atoms with van der Waals surface area (Å²) in [5, 5.41) is 3.15. The molecule has 0 atom stereocenters. The Kier molecular flexibility index (Phi) is 7.69. The van der Waals surface area contributed by atoms with Crippen LogP contribution < -0.4 is 10.4 Å². The van der Waals surface area contributed by atoms with Gasteiger partial charge in [-0.1, -0.05) is 72.4 Å². The molecule has 0 bridgehead atoms. The van der Waals surface area contributed by atoms with E-state index < -0.39 is 16.6 Å². The van der Waals surface area contributed by atoms with E-state index >= 15 is 0 Å². The quantitative estimate of drug-likeness (QED) is 0.586. The molecule has 0 aliphatic heterocycles. The summed E-state index contributed by atoms with van der Waals surface area (Å²) in [5.74, 6) is 0. The first kappa shape index (κ1) is 23.8. The van der Waals surface area contributed by atoms with Gasteiger partial charge in [-0.25, -0.2) is 0 Å². The summed E-state index contributed by atoms with van der Waals surface area (Å²) in [4.78, 5) is 0. The van der Waals surface area contributed by atoms with Crippen molar-refractivity contribution in [3.8, 4) is 0 Å². The van der Waals surface area contributed by atoms with Crippen LogP contribution in [0.25, 0.3) is 6.08 Å². The average Bonchev–Trinajstić information content (AvgIpc) is 2.49. The second-order valence-corrected chi connectivity index (χ2v) is 22.1. The van der Waals surface area contributed by atoms with E-state index in [0.29, 0.717) is 19.5 Å². The Bertz CT molecular complexity index is 626. The third-order valence-corrected chi connectivity index (χ3v) is 13.6. The molecule has 0 aliphatic rings. The largest absolute Gasteiger partial charge is 0.452 e. The van der Waals surface area contributed by atoms with Gasteiger partial charge < -0.3 is 8.23 Å². The zero-order valence-electron chi connectivity index (χ0n) is 18.3. The Morgan fingerprint density at radius 1 is 0.808 bits per heavy atom. The first-order valence-electron chi connectivity index (χ1n) is 9.25. The van der Waals surface area contributed by atoms with Crippen molar-refractivity contribution in [3.63, 3.8) is 0 Å². The molecule has 6 heteroatoms. The van der Waals surface area contributed by atoms with Gasteiger partial charge in [0, 0.05) is 0 Å². The molecule has 0 saturated carbocycles. The van der Waals surface area contributed by atoms with Crippen LogP contribution in [0.5, 0.6) is 0 Å². The number of hydrogen-bond acceptors (Lipinski definition) is 2. The van der Waals surface area contributed by atoms with Crippen molar-refractivity contribution in [1.82, 2.24) is 0 Å². The van der Waals surface area contributed by atoms with Gasteiger partial charge in [0.05, 0.1) is 0 Å². The highest BCUT2D eigenvalue weighted by Crippen LogP contribution is 2.24. The van der Waals surface area contributed by atoms with Crippen molar-refractivity contribution in [2.75, 3.05) is 0 Å². The maximum absolute atomic E-state index is 6.56. The predicted molar refractivity (Wildman–Crippen MR) is 124 cm³/mol. The number of rotatable bonds is 7. The normalized spacial score (nSPS) is 13.8. The van der Waals surface area contributed by atoms with Gasteiger partial charge in [0.15, 0.2) is 0 Å². The van der Waals surface area contributed by atoms with Crippen molar-refractivity contribution in [1.29, 1.82) is 0 Å². The van der Waals surface area contributed by atoms with Crippen molar-refractivity contribution in [2.24, 2.45) is 0 Å². The van der Waals surface area contributed by atoms with Crippen LogP contribution >= 0.6 is 0 Å². The standard InChI is InChI=1S/C20H36O2Si4/c1-12-16-13-14-17(25(8,9)21-23-19(2,3)4)18(15-16)26(10,11)22-24-20(5,6)7/h12-15H,1H2,2-11H3. The molecule has 4 radical (unpaired) electrons. The molecule has 2 nitrogen and oxygen atoms in total. The highest BCUT2D eigenvalue weighted by Gasteiger charge is 2.37. The Hall–Kier alpha value is -0.252. The number of benzene rings is 1. The summed E-state index contributed by atoms with van der Waals surface area (Å²) in [7, 11) is -3.06. The molecule has 1 aromatic rings. The van der Waals surface area contributed by atoms with E-state index in [1.807, 2.05) is 6.08 Å². The summed E-state index contributed by atoms with van der Waals surface area (Å²) in [5.41, 5.74) is 1.16. The molecule has 0 fully saturated rings. The van der Waals surface area contributed by atoms with Crippen LogP contribution in [0.2, 0.25) is 36.3 Å². The van der Waals surface area contributed by atoms with E-state index in [2.05, 4.69) is 92.5 Å². The van der Waals surface area contributed by atoms with Crippen LogP contribution in [0.1, 0.15) is 47.1 Å².